The van der Waals surface area contributed by atoms with E-state index in [4.69, 9.17) is 8.92 Å². The number of sulfonamides is 1. The molecule has 2 aromatic carbocycles. The molecule has 0 radical (unpaired) electrons. The summed E-state index contributed by atoms with van der Waals surface area (Å²) in [5, 5.41) is 0. The van der Waals surface area contributed by atoms with Gasteiger partial charge in [-0.2, -0.15) is 12.7 Å². The highest BCUT2D eigenvalue weighted by Gasteiger charge is 2.24. The van der Waals surface area contributed by atoms with Gasteiger partial charge in [0.25, 0.3) is 0 Å². The summed E-state index contributed by atoms with van der Waals surface area (Å²) in [6, 6.07) is 12.6. The first-order valence-corrected chi connectivity index (χ1v) is 11.9. The van der Waals surface area contributed by atoms with E-state index in [2.05, 4.69) is 15.9 Å². The normalized spacial score (nSPS) is 12.3. The lowest BCUT2D eigenvalue weighted by atomic mass is 10.2. The molecule has 0 aliphatic rings. The van der Waals surface area contributed by atoms with Crippen molar-refractivity contribution in [2.75, 3.05) is 26.5 Å². The molecular weight excluding hydrogens is 458 g/mol. The van der Waals surface area contributed by atoms with Gasteiger partial charge in [0.15, 0.2) is 0 Å². The van der Waals surface area contributed by atoms with E-state index >= 15 is 0 Å². The number of methoxy groups -OCH3 is 1. The van der Waals surface area contributed by atoms with Crippen molar-refractivity contribution in [2.24, 2.45) is 0 Å². The summed E-state index contributed by atoms with van der Waals surface area (Å²) in [5.41, 5.74) is 0.688. The number of benzene rings is 2. The van der Waals surface area contributed by atoms with Crippen molar-refractivity contribution in [1.82, 2.24) is 4.31 Å². The Balaban J connectivity index is 2.24. The van der Waals surface area contributed by atoms with Crippen molar-refractivity contribution >= 4 is 36.1 Å². The van der Waals surface area contributed by atoms with Gasteiger partial charge < -0.3 is 8.92 Å². The predicted molar refractivity (Wildman–Crippen MR) is 106 cm³/mol. The van der Waals surface area contributed by atoms with Gasteiger partial charge in [-0.3, -0.25) is 0 Å². The molecule has 0 bridgehead atoms. The third kappa shape index (κ3) is 6.58. The minimum atomic E-state index is -3.72. The number of nitrogens with zero attached hydrogens (tertiary/aromatic N) is 1. The fourth-order valence-corrected chi connectivity index (χ4v) is 4.40. The third-order valence-corrected chi connectivity index (χ3v) is 6.41. The van der Waals surface area contributed by atoms with Gasteiger partial charge in [-0.25, -0.2) is 8.42 Å². The van der Waals surface area contributed by atoms with Crippen LogP contribution in [-0.4, -0.2) is 47.7 Å². The highest BCUT2D eigenvalue weighted by atomic mass is 79.9. The molecule has 0 spiro atoms. The van der Waals surface area contributed by atoms with Crippen molar-refractivity contribution in [2.45, 2.75) is 11.4 Å². The molecule has 2 aromatic rings. The van der Waals surface area contributed by atoms with Crippen LogP contribution in [0.2, 0.25) is 0 Å². The standard InChI is InChI=1S/C17H20BrNO6S2/c1-24-12-11-19(27(22,23)17-9-5-15(18)6-10-17)13-14-3-7-16(8-4-14)25-26(2,20)21/h3-10H,11-13H2,1-2H3. The first kappa shape index (κ1) is 21.8. The van der Waals surface area contributed by atoms with Gasteiger partial charge in [0, 0.05) is 24.7 Å². The third-order valence-electron chi connectivity index (χ3n) is 3.53. The average Bonchev–Trinajstić information content (AvgIpc) is 2.59. The Bertz CT molecular complexity index is 957. The van der Waals surface area contributed by atoms with Crippen LogP contribution in [0.4, 0.5) is 0 Å². The van der Waals surface area contributed by atoms with Crippen LogP contribution in [-0.2, 0) is 31.4 Å². The van der Waals surface area contributed by atoms with E-state index in [0.717, 1.165) is 10.7 Å². The number of halogens is 1. The lowest BCUT2D eigenvalue weighted by Crippen LogP contribution is -2.33. The van der Waals surface area contributed by atoms with Gasteiger partial charge in [-0.1, -0.05) is 28.1 Å². The van der Waals surface area contributed by atoms with Crippen molar-refractivity contribution in [3.05, 3.63) is 58.6 Å². The Morgan fingerprint density at radius 1 is 0.963 bits per heavy atom. The topological polar surface area (TPSA) is 90.0 Å². The summed E-state index contributed by atoms with van der Waals surface area (Å²) in [6.07, 6.45) is 0.957. The molecule has 148 valence electrons. The zero-order valence-electron chi connectivity index (χ0n) is 14.8. The Kier molecular flexibility index (Phi) is 7.40. The van der Waals surface area contributed by atoms with Crippen molar-refractivity contribution in [3.63, 3.8) is 0 Å². The monoisotopic (exact) mass is 477 g/mol. The largest absolute Gasteiger partial charge is 0.383 e. The van der Waals surface area contributed by atoms with E-state index in [-0.39, 0.29) is 30.3 Å². The molecule has 27 heavy (non-hydrogen) atoms. The molecule has 0 unspecified atom stereocenters. The maximum absolute atomic E-state index is 13.0. The molecule has 0 heterocycles. The summed E-state index contributed by atoms with van der Waals surface area (Å²) >= 11 is 3.29. The predicted octanol–water partition coefficient (Wildman–Crippen LogP) is 2.62. The summed E-state index contributed by atoms with van der Waals surface area (Å²) in [7, 11) is -5.83. The Hall–Kier alpha value is -1.46. The first-order valence-electron chi connectivity index (χ1n) is 7.85. The van der Waals surface area contributed by atoms with E-state index < -0.39 is 20.1 Å². The zero-order valence-corrected chi connectivity index (χ0v) is 18.1. The summed E-state index contributed by atoms with van der Waals surface area (Å²) in [5.74, 6) is 0.167. The minimum Gasteiger partial charge on any atom is -0.383 e. The average molecular weight is 478 g/mol. The molecule has 2 rings (SSSR count). The highest BCUT2D eigenvalue weighted by molar-refractivity contribution is 9.10. The zero-order chi connectivity index (χ0) is 20.1. The van der Waals surface area contributed by atoms with Crippen LogP contribution in [0.1, 0.15) is 5.56 Å². The van der Waals surface area contributed by atoms with Crippen LogP contribution in [0.25, 0.3) is 0 Å². The van der Waals surface area contributed by atoms with Crippen LogP contribution in [0.5, 0.6) is 5.75 Å². The van der Waals surface area contributed by atoms with Crippen LogP contribution < -0.4 is 4.18 Å². The first-order chi connectivity index (χ1) is 12.6. The van der Waals surface area contributed by atoms with Crippen molar-refractivity contribution in [1.29, 1.82) is 0 Å². The van der Waals surface area contributed by atoms with E-state index in [1.165, 1.54) is 35.7 Å². The Morgan fingerprint density at radius 2 is 1.56 bits per heavy atom. The van der Waals surface area contributed by atoms with Crippen molar-refractivity contribution < 1.29 is 25.8 Å². The van der Waals surface area contributed by atoms with Crippen molar-refractivity contribution in [3.8, 4) is 5.75 Å². The molecule has 7 nitrogen and oxygen atoms in total. The fourth-order valence-electron chi connectivity index (χ4n) is 2.26. The maximum atomic E-state index is 13.0. The SMILES string of the molecule is COCCN(Cc1ccc(OS(C)(=O)=O)cc1)S(=O)(=O)c1ccc(Br)cc1. The number of ether oxygens (including phenoxy) is 1. The lowest BCUT2D eigenvalue weighted by Gasteiger charge is -2.22. The molecule has 0 saturated heterocycles. The smallest absolute Gasteiger partial charge is 0.306 e. The quantitative estimate of drug-likeness (QED) is 0.515. The van der Waals surface area contributed by atoms with Crippen LogP contribution >= 0.6 is 15.9 Å². The summed E-state index contributed by atoms with van der Waals surface area (Å²) < 4.78 is 60.2. The van der Waals surface area contributed by atoms with E-state index in [9.17, 15) is 16.8 Å². The number of hydrogen-bond donors (Lipinski definition) is 0. The fraction of sp³-hybridized carbons (Fsp3) is 0.294. The molecule has 0 amide bonds. The molecule has 0 fully saturated rings. The van der Waals surface area contributed by atoms with Gasteiger partial charge in [0.2, 0.25) is 10.0 Å². The maximum Gasteiger partial charge on any atom is 0.306 e. The van der Waals surface area contributed by atoms with Gasteiger partial charge in [0.1, 0.15) is 5.75 Å². The second kappa shape index (κ2) is 9.16. The molecule has 0 N–H and O–H groups in total. The van der Waals surface area contributed by atoms with Crippen LogP contribution in [0.3, 0.4) is 0 Å². The summed E-state index contributed by atoms with van der Waals surface area (Å²) in [4.78, 5) is 0.179. The van der Waals surface area contributed by atoms with Crippen LogP contribution in [0, 0.1) is 0 Å². The lowest BCUT2D eigenvalue weighted by molar-refractivity contribution is 0.177. The minimum absolute atomic E-state index is 0.112. The molecule has 10 heteroatoms. The van der Waals surface area contributed by atoms with E-state index in [1.54, 1.807) is 24.3 Å². The Labute approximate surface area is 168 Å². The van der Waals surface area contributed by atoms with Gasteiger partial charge >= 0.3 is 10.1 Å². The van der Waals surface area contributed by atoms with Gasteiger partial charge in [0.05, 0.1) is 17.8 Å². The molecule has 0 aromatic heterocycles. The number of hydrogen-bond acceptors (Lipinski definition) is 6. The second-order valence-electron chi connectivity index (χ2n) is 5.72. The van der Waals surface area contributed by atoms with E-state index in [1.807, 2.05) is 0 Å². The molecule has 0 aliphatic heterocycles. The molecule has 0 saturated carbocycles. The molecule has 0 aliphatic carbocycles. The van der Waals surface area contributed by atoms with E-state index in [0.29, 0.717) is 5.56 Å². The van der Waals surface area contributed by atoms with Crippen LogP contribution in [0.15, 0.2) is 57.9 Å². The second-order valence-corrected chi connectivity index (χ2v) is 10.1. The Morgan fingerprint density at radius 3 is 2.07 bits per heavy atom. The number of rotatable bonds is 9. The molecule has 0 atom stereocenters. The highest BCUT2D eigenvalue weighted by Crippen LogP contribution is 2.22. The van der Waals surface area contributed by atoms with Gasteiger partial charge in [-0.05, 0) is 42.0 Å². The summed E-state index contributed by atoms with van der Waals surface area (Å²) in [6.45, 7) is 0.530. The van der Waals surface area contributed by atoms with Gasteiger partial charge in [-0.15, -0.1) is 0 Å². The molecular formula is C17H20BrNO6S2.